The Morgan fingerprint density at radius 3 is 2.79 bits per heavy atom. The lowest BCUT2D eigenvalue weighted by Gasteiger charge is -2.21. The van der Waals surface area contributed by atoms with Crippen molar-refractivity contribution < 1.29 is 4.42 Å². The van der Waals surface area contributed by atoms with Crippen LogP contribution in [0.1, 0.15) is 25.2 Å². The first-order valence-corrected chi connectivity index (χ1v) is 5.41. The summed E-state index contributed by atoms with van der Waals surface area (Å²) in [6.07, 6.45) is 4.48. The van der Waals surface area contributed by atoms with Gasteiger partial charge in [-0.15, -0.1) is 5.10 Å². The molecule has 1 N–H and O–H groups in total. The zero-order valence-electron chi connectivity index (χ0n) is 8.00. The predicted molar refractivity (Wildman–Crippen MR) is 53.2 cm³/mol. The first-order valence-electron chi connectivity index (χ1n) is 5.03. The van der Waals surface area contributed by atoms with E-state index in [-0.39, 0.29) is 5.35 Å². The van der Waals surface area contributed by atoms with Gasteiger partial charge in [-0.05, 0) is 49.9 Å². The van der Waals surface area contributed by atoms with Crippen LogP contribution in [0.5, 0.6) is 0 Å². The first-order chi connectivity index (χ1) is 6.84. The van der Waals surface area contributed by atoms with Crippen LogP contribution in [0.3, 0.4) is 0 Å². The highest BCUT2D eigenvalue weighted by Crippen LogP contribution is 2.18. The summed E-state index contributed by atoms with van der Waals surface area (Å²) in [6, 6.07) is 0. The van der Waals surface area contributed by atoms with E-state index in [2.05, 4.69) is 15.5 Å². The van der Waals surface area contributed by atoms with Crippen LogP contribution in [0.25, 0.3) is 0 Å². The van der Waals surface area contributed by atoms with Crippen molar-refractivity contribution >= 4 is 11.6 Å². The van der Waals surface area contributed by atoms with Gasteiger partial charge in [0.15, 0.2) is 0 Å². The largest absolute Gasteiger partial charge is 0.412 e. The number of piperidine rings is 1. The van der Waals surface area contributed by atoms with Gasteiger partial charge < -0.3 is 9.73 Å². The lowest BCUT2D eigenvalue weighted by Crippen LogP contribution is -2.27. The second kappa shape index (κ2) is 4.75. The topological polar surface area (TPSA) is 51.0 Å². The standard InChI is InChI=1S/C9H14ClN3O/c10-9-13-12-8(14-9)2-1-7-3-5-11-6-4-7/h7,11H,1-6H2. The molecule has 1 aliphatic rings. The van der Waals surface area contributed by atoms with Crippen molar-refractivity contribution in [2.75, 3.05) is 13.1 Å². The van der Waals surface area contributed by atoms with E-state index in [4.69, 9.17) is 16.0 Å². The fourth-order valence-corrected chi connectivity index (χ4v) is 1.96. The fraction of sp³-hybridized carbons (Fsp3) is 0.778. The van der Waals surface area contributed by atoms with Gasteiger partial charge in [0.2, 0.25) is 5.89 Å². The Labute approximate surface area is 88.0 Å². The molecule has 78 valence electrons. The zero-order valence-corrected chi connectivity index (χ0v) is 8.76. The van der Waals surface area contributed by atoms with Gasteiger partial charge in [0.1, 0.15) is 0 Å². The van der Waals surface area contributed by atoms with Gasteiger partial charge in [-0.2, -0.15) is 0 Å². The van der Waals surface area contributed by atoms with Crippen molar-refractivity contribution in [1.29, 1.82) is 0 Å². The summed E-state index contributed by atoms with van der Waals surface area (Å²) < 4.78 is 5.10. The Morgan fingerprint density at radius 2 is 2.14 bits per heavy atom. The van der Waals surface area contributed by atoms with Crippen LogP contribution in [0.2, 0.25) is 5.35 Å². The number of rotatable bonds is 3. The van der Waals surface area contributed by atoms with Gasteiger partial charge in [-0.25, -0.2) is 0 Å². The third-order valence-corrected chi connectivity index (χ3v) is 2.82. The van der Waals surface area contributed by atoms with E-state index in [0.29, 0.717) is 5.89 Å². The lowest BCUT2D eigenvalue weighted by molar-refractivity contribution is 0.342. The van der Waals surface area contributed by atoms with Crippen molar-refractivity contribution in [1.82, 2.24) is 15.5 Å². The molecule has 0 unspecified atom stereocenters. The highest BCUT2D eigenvalue weighted by molar-refractivity contribution is 6.27. The minimum Gasteiger partial charge on any atom is -0.412 e. The van der Waals surface area contributed by atoms with E-state index >= 15 is 0 Å². The first kappa shape index (κ1) is 9.93. The van der Waals surface area contributed by atoms with Crippen LogP contribution in [0, 0.1) is 5.92 Å². The van der Waals surface area contributed by atoms with E-state index in [1.807, 2.05) is 0 Å². The highest BCUT2D eigenvalue weighted by Gasteiger charge is 2.14. The number of nitrogens with zero attached hydrogens (tertiary/aromatic N) is 2. The van der Waals surface area contributed by atoms with Gasteiger partial charge in [-0.3, -0.25) is 0 Å². The molecule has 1 saturated heterocycles. The molecule has 0 saturated carbocycles. The van der Waals surface area contributed by atoms with Crippen molar-refractivity contribution in [3.8, 4) is 0 Å². The molecule has 0 aliphatic carbocycles. The lowest BCUT2D eigenvalue weighted by atomic mass is 9.93. The Hall–Kier alpha value is -0.610. The van der Waals surface area contributed by atoms with Crippen LogP contribution in [0.15, 0.2) is 4.42 Å². The maximum Gasteiger partial charge on any atom is 0.312 e. The normalized spacial score (nSPS) is 18.6. The molecule has 2 rings (SSSR count). The van der Waals surface area contributed by atoms with Crippen molar-refractivity contribution in [3.05, 3.63) is 11.2 Å². The minimum atomic E-state index is 0.144. The number of halogens is 1. The van der Waals surface area contributed by atoms with E-state index in [0.717, 1.165) is 31.8 Å². The molecule has 0 amide bonds. The summed E-state index contributed by atoms with van der Waals surface area (Å²) >= 11 is 5.53. The van der Waals surface area contributed by atoms with Gasteiger partial charge in [0.25, 0.3) is 0 Å². The summed E-state index contributed by atoms with van der Waals surface area (Å²) in [6.45, 7) is 2.27. The summed E-state index contributed by atoms with van der Waals surface area (Å²) in [4.78, 5) is 0. The van der Waals surface area contributed by atoms with Gasteiger partial charge in [0.05, 0.1) is 0 Å². The number of aryl methyl sites for hydroxylation is 1. The zero-order chi connectivity index (χ0) is 9.80. The quantitative estimate of drug-likeness (QED) is 0.833. The smallest absolute Gasteiger partial charge is 0.312 e. The Kier molecular flexibility index (Phi) is 3.37. The second-order valence-electron chi connectivity index (χ2n) is 3.68. The van der Waals surface area contributed by atoms with E-state index in [9.17, 15) is 0 Å². The fourth-order valence-electron chi connectivity index (χ4n) is 1.83. The molecule has 0 atom stereocenters. The van der Waals surface area contributed by atoms with Crippen molar-refractivity contribution in [3.63, 3.8) is 0 Å². The average Bonchev–Trinajstić information content (AvgIpc) is 2.63. The SMILES string of the molecule is Clc1nnc(CCC2CCNCC2)o1. The molecule has 5 heteroatoms. The molecule has 0 radical (unpaired) electrons. The molecule has 1 aromatic heterocycles. The van der Waals surface area contributed by atoms with Crippen LogP contribution in [-0.4, -0.2) is 23.3 Å². The summed E-state index contributed by atoms with van der Waals surface area (Å²) in [5.41, 5.74) is 0. The average molecular weight is 216 g/mol. The third kappa shape index (κ3) is 2.69. The molecule has 1 aromatic rings. The molecule has 1 aliphatic heterocycles. The minimum absolute atomic E-state index is 0.144. The van der Waals surface area contributed by atoms with Crippen LogP contribution >= 0.6 is 11.6 Å². The summed E-state index contributed by atoms with van der Waals surface area (Å²) in [5.74, 6) is 1.45. The van der Waals surface area contributed by atoms with Crippen LogP contribution in [0.4, 0.5) is 0 Å². The number of hydrogen-bond donors (Lipinski definition) is 1. The number of nitrogens with one attached hydrogen (secondary N) is 1. The van der Waals surface area contributed by atoms with Crippen molar-refractivity contribution in [2.24, 2.45) is 5.92 Å². The molecule has 14 heavy (non-hydrogen) atoms. The monoisotopic (exact) mass is 215 g/mol. The Balaban J connectivity index is 1.76. The van der Waals surface area contributed by atoms with Crippen LogP contribution in [-0.2, 0) is 6.42 Å². The second-order valence-corrected chi connectivity index (χ2v) is 4.00. The van der Waals surface area contributed by atoms with E-state index in [1.165, 1.54) is 12.8 Å². The Bertz CT molecular complexity index is 283. The predicted octanol–water partition coefficient (Wildman–Crippen LogP) is 1.66. The summed E-state index contributed by atoms with van der Waals surface area (Å²) in [5, 5.41) is 10.9. The molecule has 0 aromatic carbocycles. The number of hydrogen-bond acceptors (Lipinski definition) is 4. The molecule has 1 fully saturated rings. The maximum atomic E-state index is 5.53. The van der Waals surface area contributed by atoms with Crippen molar-refractivity contribution in [2.45, 2.75) is 25.7 Å². The van der Waals surface area contributed by atoms with Crippen LogP contribution < -0.4 is 5.32 Å². The molecular weight excluding hydrogens is 202 g/mol. The molecule has 0 bridgehead atoms. The van der Waals surface area contributed by atoms with E-state index < -0.39 is 0 Å². The molecular formula is C9H14ClN3O. The maximum absolute atomic E-state index is 5.53. The number of aromatic nitrogens is 2. The van der Waals surface area contributed by atoms with Gasteiger partial charge in [-0.1, -0.05) is 5.10 Å². The molecule has 2 heterocycles. The molecule has 4 nitrogen and oxygen atoms in total. The van der Waals surface area contributed by atoms with Gasteiger partial charge >= 0.3 is 5.35 Å². The summed E-state index contributed by atoms with van der Waals surface area (Å²) in [7, 11) is 0. The molecule has 0 spiro atoms. The van der Waals surface area contributed by atoms with E-state index in [1.54, 1.807) is 0 Å². The van der Waals surface area contributed by atoms with Gasteiger partial charge in [0, 0.05) is 6.42 Å². The highest BCUT2D eigenvalue weighted by atomic mass is 35.5. The third-order valence-electron chi connectivity index (χ3n) is 2.67. The Morgan fingerprint density at radius 1 is 1.36 bits per heavy atom.